The molecule has 1 aromatic rings. The van der Waals surface area contributed by atoms with E-state index >= 15 is 0 Å². The first kappa shape index (κ1) is 13.5. The van der Waals surface area contributed by atoms with Gasteiger partial charge in [0.05, 0.1) is 10.5 Å². The van der Waals surface area contributed by atoms with E-state index in [2.05, 4.69) is 0 Å². The molecule has 1 fully saturated rings. The van der Waals surface area contributed by atoms with Crippen molar-refractivity contribution in [3.8, 4) is 5.75 Å². The van der Waals surface area contributed by atoms with Crippen LogP contribution >= 0.6 is 22.6 Å². The average Bonchev–Trinajstić information content (AvgIpc) is 2.75. The van der Waals surface area contributed by atoms with E-state index in [1.165, 1.54) is 6.07 Å². The monoisotopic (exact) mass is 362 g/mol. The summed E-state index contributed by atoms with van der Waals surface area (Å²) in [5, 5.41) is 10.9. The summed E-state index contributed by atoms with van der Waals surface area (Å²) in [6.07, 6.45) is 4.06. The van der Waals surface area contributed by atoms with Gasteiger partial charge in [0, 0.05) is 9.64 Å². The van der Waals surface area contributed by atoms with Gasteiger partial charge in [-0.05, 0) is 47.6 Å². The first-order valence-electron chi connectivity index (χ1n) is 5.86. The molecule has 1 aromatic carbocycles. The van der Waals surface area contributed by atoms with Crippen molar-refractivity contribution in [2.45, 2.75) is 31.2 Å². The summed E-state index contributed by atoms with van der Waals surface area (Å²) in [5.41, 5.74) is 5.85. The van der Waals surface area contributed by atoms with E-state index in [0.29, 0.717) is 12.4 Å². The summed E-state index contributed by atoms with van der Waals surface area (Å²) in [7, 11) is 0. The minimum Gasteiger partial charge on any atom is -0.485 e. The molecule has 18 heavy (non-hydrogen) atoms. The van der Waals surface area contributed by atoms with E-state index in [9.17, 15) is 10.1 Å². The van der Waals surface area contributed by atoms with Gasteiger partial charge in [0.15, 0.2) is 5.75 Å². The quantitative estimate of drug-likeness (QED) is 0.508. The number of nitrogens with zero attached hydrogens (tertiary/aromatic N) is 1. The molecule has 1 saturated carbocycles. The highest BCUT2D eigenvalue weighted by Gasteiger charge is 2.31. The Morgan fingerprint density at radius 2 is 2.11 bits per heavy atom. The van der Waals surface area contributed by atoms with Gasteiger partial charge >= 0.3 is 5.69 Å². The van der Waals surface area contributed by atoms with Crippen LogP contribution in [0.2, 0.25) is 0 Å². The second-order valence-corrected chi connectivity index (χ2v) is 5.97. The third kappa shape index (κ3) is 3.11. The lowest BCUT2D eigenvalue weighted by atomic mass is 10.0. The zero-order valence-corrected chi connectivity index (χ0v) is 12.1. The van der Waals surface area contributed by atoms with E-state index in [1.807, 2.05) is 22.6 Å². The number of nitrogens with two attached hydrogens (primary N) is 1. The summed E-state index contributed by atoms with van der Waals surface area (Å²) < 4.78 is 6.39. The molecule has 0 atom stereocenters. The van der Waals surface area contributed by atoms with E-state index in [1.54, 1.807) is 12.1 Å². The summed E-state index contributed by atoms with van der Waals surface area (Å²) >= 11 is 2.04. The number of nitro groups is 1. The summed E-state index contributed by atoms with van der Waals surface area (Å²) in [6.45, 7) is 0.342. The summed E-state index contributed by atoms with van der Waals surface area (Å²) in [5.74, 6) is 0.303. The lowest BCUT2D eigenvalue weighted by Gasteiger charge is -2.23. The molecule has 0 aromatic heterocycles. The number of rotatable bonds is 4. The van der Waals surface area contributed by atoms with Crippen LogP contribution in [-0.2, 0) is 0 Å². The first-order chi connectivity index (χ1) is 8.50. The number of nitro benzene ring substituents is 1. The van der Waals surface area contributed by atoms with Gasteiger partial charge in [-0.15, -0.1) is 0 Å². The predicted molar refractivity (Wildman–Crippen MR) is 76.7 cm³/mol. The van der Waals surface area contributed by atoms with Crippen molar-refractivity contribution in [2.24, 2.45) is 5.73 Å². The number of halogens is 1. The van der Waals surface area contributed by atoms with Crippen LogP contribution in [0.25, 0.3) is 0 Å². The molecule has 0 unspecified atom stereocenters. The van der Waals surface area contributed by atoms with Gasteiger partial charge in [-0.1, -0.05) is 12.8 Å². The largest absolute Gasteiger partial charge is 0.485 e. The Morgan fingerprint density at radius 1 is 1.44 bits per heavy atom. The maximum atomic E-state index is 10.9. The molecule has 0 amide bonds. The van der Waals surface area contributed by atoms with E-state index in [-0.39, 0.29) is 11.2 Å². The Balaban J connectivity index is 2.11. The van der Waals surface area contributed by atoms with Gasteiger partial charge in [0.2, 0.25) is 0 Å². The molecule has 0 bridgehead atoms. The SMILES string of the molecule is NC1(COc2ccc(I)cc2[N+](=O)[O-])CCCC1. The molecule has 1 aliphatic carbocycles. The molecule has 1 aliphatic rings. The van der Waals surface area contributed by atoms with Gasteiger partial charge in [-0.2, -0.15) is 0 Å². The number of benzene rings is 1. The van der Waals surface area contributed by atoms with Crippen LogP contribution < -0.4 is 10.5 Å². The van der Waals surface area contributed by atoms with E-state index in [4.69, 9.17) is 10.5 Å². The van der Waals surface area contributed by atoms with Crippen molar-refractivity contribution in [2.75, 3.05) is 6.61 Å². The third-order valence-electron chi connectivity index (χ3n) is 3.23. The van der Waals surface area contributed by atoms with Crippen molar-refractivity contribution in [3.05, 3.63) is 31.9 Å². The maximum absolute atomic E-state index is 10.9. The van der Waals surface area contributed by atoms with Crippen molar-refractivity contribution in [1.82, 2.24) is 0 Å². The van der Waals surface area contributed by atoms with Crippen molar-refractivity contribution in [3.63, 3.8) is 0 Å². The highest BCUT2D eigenvalue weighted by molar-refractivity contribution is 14.1. The molecule has 2 N–H and O–H groups in total. The van der Waals surface area contributed by atoms with Crippen molar-refractivity contribution < 1.29 is 9.66 Å². The predicted octanol–water partition coefficient (Wildman–Crippen LogP) is 2.85. The van der Waals surface area contributed by atoms with Crippen LogP contribution in [0.3, 0.4) is 0 Å². The Hall–Kier alpha value is -0.890. The molecule has 5 nitrogen and oxygen atoms in total. The molecule has 0 heterocycles. The highest BCUT2D eigenvalue weighted by atomic mass is 127. The molecular weight excluding hydrogens is 347 g/mol. The van der Waals surface area contributed by atoms with E-state index in [0.717, 1.165) is 29.3 Å². The Labute approximate surface area is 119 Å². The molecule has 2 rings (SSSR count). The van der Waals surface area contributed by atoms with Crippen molar-refractivity contribution in [1.29, 1.82) is 0 Å². The average molecular weight is 362 g/mol. The third-order valence-corrected chi connectivity index (χ3v) is 3.90. The van der Waals surface area contributed by atoms with Crippen LogP contribution in [-0.4, -0.2) is 17.1 Å². The summed E-state index contributed by atoms with van der Waals surface area (Å²) in [4.78, 5) is 10.5. The van der Waals surface area contributed by atoms with Gasteiger partial charge < -0.3 is 10.5 Å². The maximum Gasteiger partial charge on any atom is 0.311 e. The minimum absolute atomic E-state index is 0.00324. The molecule has 6 heteroatoms. The Bertz CT molecular complexity index is 459. The number of hydrogen-bond donors (Lipinski definition) is 1. The van der Waals surface area contributed by atoms with Gasteiger partial charge in [-0.25, -0.2) is 0 Å². The van der Waals surface area contributed by atoms with E-state index < -0.39 is 4.92 Å². The molecule has 0 radical (unpaired) electrons. The minimum atomic E-state index is -0.421. The fourth-order valence-corrected chi connectivity index (χ4v) is 2.67. The van der Waals surface area contributed by atoms with Crippen LogP contribution in [0.1, 0.15) is 25.7 Å². The van der Waals surface area contributed by atoms with Gasteiger partial charge in [0.25, 0.3) is 0 Å². The standard InChI is InChI=1S/C12H15IN2O3/c13-9-3-4-11(10(7-9)15(16)17)18-8-12(14)5-1-2-6-12/h3-4,7H,1-2,5-6,8,14H2. The zero-order valence-electron chi connectivity index (χ0n) is 9.89. The lowest BCUT2D eigenvalue weighted by Crippen LogP contribution is -2.42. The first-order valence-corrected chi connectivity index (χ1v) is 6.94. The number of hydrogen-bond acceptors (Lipinski definition) is 4. The summed E-state index contributed by atoms with van der Waals surface area (Å²) in [6, 6.07) is 4.94. The van der Waals surface area contributed by atoms with Gasteiger partial charge in [0.1, 0.15) is 6.61 Å². The van der Waals surface area contributed by atoms with Crippen LogP contribution in [0.4, 0.5) is 5.69 Å². The Morgan fingerprint density at radius 3 is 2.72 bits per heavy atom. The topological polar surface area (TPSA) is 78.4 Å². The normalized spacial score (nSPS) is 17.7. The molecule has 0 spiro atoms. The lowest BCUT2D eigenvalue weighted by molar-refractivity contribution is -0.386. The van der Waals surface area contributed by atoms with Crippen molar-refractivity contribution >= 4 is 28.3 Å². The fourth-order valence-electron chi connectivity index (χ4n) is 2.20. The Kier molecular flexibility index (Phi) is 4.06. The fraction of sp³-hybridized carbons (Fsp3) is 0.500. The van der Waals surface area contributed by atoms with Gasteiger partial charge in [-0.3, -0.25) is 10.1 Å². The molecule has 98 valence electrons. The number of ether oxygens (including phenoxy) is 1. The van der Waals surface area contributed by atoms with Crippen LogP contribution in [0.15, 0.2) is 18.2 Å². The van der Waals surface area contributed by atoms with Crippen LogP contribution in [0.5, 0.6) is 5.75 Å². The smallest absolute Gasteiger partial charge is 0.311 e. The molecule has 0 aliphatic heterocycles. The van der Waals surface area contributed by atoms with Crippen LogP contribution in [0, 0.1) is 13.7 Å². The second-order valence-electron chi connectivity index (χ2n) is 4.73. The molecular formula is C12H15IN2O3. The second kappa shape index (κ2) is 5.40. The zero-order chi connectivity index (χ0) is 13.2. The highest BCUT2D eigenvalue weighted by Crippen LogP contribution is 2.32. The molecule has 0 saturated heterocycles.